The number of rotatable bonds is 1. The van der Waals surface area contributed by atoms with Crippen LogP contribution < -0.4 is 5.73 Å². The molecule has 2 nitrogen and oxygen atoms in total. The lowest BCUT2D eigenvalue weighted by Gasteiger charge is -2.17. The smallest absolute Gasteiger partial charge is 0.388 e. The van der Waals surface area contributed by atoms with Gasteiger partial charge in [0.25, 0.3) is 0 Å². The lowest BCUT2D eigenvalue weighted by Crippen LogP contribution is -2.26. The van der Waals surface area contributed by atoms with Crippen molar-refractivity contribution in [3.05, 3.63) is 11.8 Å². The summed E-state index contributed by atoms with van der Waals surface area (Å²) in [6.45, 7) is 0. The number of thiocarbonyl (C=S) groups is 1. The first-order valence-electron chi connectivity index (χ1n) is 3.52. The molecular formula is C7H7F3N2S. The van der Waals surface area contributed by atoms with Crippen LogP contribution in [0.5, 0.6) is 0 Å². The van der Waals surface area contributed by atoms with Crippen LogP contribution in [0.15, 0.2) is 16.8 Å². The monoisotopic (exact) mass is 208 g/mol. The highest BCUT2D eigenvalue weighted by Crippen LogP contribution is 2.30. The van der Waals surface area contributed by atoms with Gasteiger partial charge in [0.05, 0.1) is 11.6 Å². The fourth-order valence-corrected chi connectivity index (χ4v) is 1.04. The largest absolute Gasteiger partial charge is 0.396 e. The minimum Gasteiger partial charge on any atom is -0.388 e. The molecule has 0 aliphatic carbocycles. The van der Waals surface area contributed by atoms with Crippen molar-refractivity contribution >= 4 is 23.4 Å². The van der Waals surface area contributed by atoms with Gasteiger partial charge in [0.2, 0.25) is 0 Å². The number of nitrogens with two attached hydrogens (primary N) is 1. The predicted molar refractivity (Wildman–Crippen MR) is 47.5 cm³/mol. The molecule has 0 aromatic heterocycles. The average Bonchev–Trinajstić information content (AvgIpc) is 2.03. The fraction of sp³-hybridized carbons (Fsp3) is 0.429. The number of halogens is 3. The summed E-state index contributed by atoms with van der Waals surface area (Å²) in [5.41, 5.74) is 5.45. The second-order valence-corrected chi connectivity index (χ2v) is 3.06. The molecule has 1 aliphatic heterocycles. The summed E-state index contributed by atoms with van der Waals surface area (Å²) >= 11 is 4.56. The van der Waals surface area contributed by atoms with E-state index in [9.17, 15) is 13.2 Å². The van der Waals surface area contributed by atoms with E-state index in [1.165, 1.54) is 6.08 Å². The average molecular weight is 208 g/mol. The van der Waals surface area contributed by atoms with Crippen LogP contribution in [-0.4, -0.2) is 17.4 Å². The van der Waals surface area contributed by atoms with E-state index in [4.69, 9.17) is 5.73 Å². The highest BCUT2D eigenvalue weighted by Gasteiger charge is 2.38. The van der Waals surface area contributed by atoms with Gasteiger partial charge in [-0.05, 0) is 6.42 Å². The molecule has 1 rings (SSSR count). The first kappa shape index (κ1) is 10.2. The van der Waals surface area contributed by atoms with Crippen molar-refractivity contribution in [2.24, 2.45) is 16.6 Å². The highest BCUT2D eigenvalue weighted by molar-refractivity contribution is 7.80. The molecule has 0 aromatic carbocycles. The quantitative estimate of drug-likeness (QED) is 0.667. The fourth-order valence-electron chi connectivity index (χ4n) is 0.905. The summed E-state index contributed by atoms with van der Waals surface area (Å²) in [6.07, 6.45) is -2.23. The van der Waals surface area contributed by atoms with E-state index in [0.717, 1.165) is 6.21 Å². The Morgan fingerprint density at radius 2 is 2.23 bits per heavy atom. The molecule has 2 N–H and O–H groups in total. The molecular weight excluding hydrogens is 201 g/mol. The van der Waals surface area contributed by atoms with Gasteiger partial charge in [0.15, 0.2) is 0 Å². The van der Waals surface area contributed by atoms with Crippen LogP contribution >= 0.6 is 12.2 Å². The Hall–Kier alpha value is -0.910. The van der Waals surface area contributed by atoms with Crippen LogP contribution in [0.2, 0.25) is 0 Å². The van der Waals surface area contributed by atoms with Gasteiger partial charge in [0, 0.05) is 6.21 Å². The SMILES string of the molecule is NC(=S)C1=CCC(C(F)(F)F)C=N1. The summed E-state index contributed by atoms with van der Waals surface area (Å²) in [4.78, 5) is 3.55. The van der Waals surface area contributed by atoms with E-state index < -0.39 is 12.1 Å². The van der Waals surface area contributed by atoms with Gasteiger partial charge in [-0.3, -0.25) is 4.99 Å². The zero-order chi connectivity index (χ0) is 10.1. The molecule has 1 heterocycles. The summed E-state index contributed by atoms with van der Waals surface area (Å²) in [6, 6.07) is 0. The third-order valence-corrected chi connectivity index (χ3v) is 1.84. The minimum absolute atomic E-state index is 0.0249. The summed E-state index contributed by atoms with van der Waals surface area (Å²) in [7, 11) is 0. The second kappa shape index (κ2) is 3.45. The first-order valence-corrected chi connectivity index (χ1v) is 3.93. The van der Waals surface area contributed by atoms with Gasteiger partial charge in [0.1, 0.15) is 4.99 Å². The van der Waals surface area contributed by atoms with E-state index in [1.54, 1.807) is 0 Å². The maximum absolute atomic E-state index is 12.1. The van der Waals surface area contributed by atoms with Crippen LogP contribution in [0.4, 0.5) is 13.2 Å². The van der Waals surface area contributed by atoms with Crippen molar-refractivity contribution in [3.8, 4) is 0 Å². The molecule has 72 valence electrons. The minimum atomic E-state index is -4.23. The van der Waals surface area contributed by atoms with Gasteiger partial charge in [-0.1, -0.05) is 18.3 Å². The number of nitrogens with zero attached hydrogens (tertiary/aromatic N) is 1. The van der Waals surface area contributed by atoms with Crippen molar-refractivity contribution in [2.45, 2.75) is 12.6 Å². The van der Waals surface area contributed by atoms with E-state index in [-0.39, 0.29) is 17.1 Å². The van der Waals surface area contributed by atoms with Crippen LogP contribution in [0, 0.1) is 5.92 Å². The van der Waals surface area contributed by atoms with Crippen LogP contribution in [0.25, 0.3) is 0 Å². The Kier molecular flexibility index (Phi) is 2.70. The Balaban J connectivity index is 2.69. The normalized spacial score (nSPS) is 22.7. The van der Waals surface area contributed by atoms with Crippen molar-refractivity contribution in [3.63, 3.8) is 0 Å². The maximum Gasteiger partial charge on any atom is 0.396 e. The third kappa shape index (κ3) is 2.51. The molecule has 0 fully saturated rings. The van der Waals surface area contributed by atoms with E-state index in [1.807, 2.05) is 0 Å². The standard InChI is InChI=1S/C7H7F3N2S/c8-7(9,10)4-1-2-5(6(11)13)12-3-4/h2-4H,1H2,(H2,11,13). The van der Waals surface area contributed by atoms with Gasteiger partial charge in [-0.15, -0.1) is 0 Å². The third-order valence-electron chi connectivity index (χ3n) is 1.63. The lowest BCUT2D eigenvalue weighted by molar-refractivity contribution is -0.153. The first-order chi connectivity index (χ1) is 5.91. The number of hydrogen-bond acceptors (Lipinski definition) is 2. The molecule has 1 unspecified atom stereocenters. The van der Waals surface area contributed by atoms with Crippen molar-refractivity contribution in [1.29, 1.82) is 0 Å². The van der Waals surface area contributed by atoms with E-state index in [2.05, 4.69) is 17.2 Å². The molecule has 1 aliphatic rings. The van der Waals surface area contributed by atoms with Gasteiger partial charge >= 0.3 is 6.18 Å². The Bertz CT molecular complexity index is 280. The zero-order valence-electron chi connectivity index (χ0n) is 6.51. The van der Waals surface area contributed by atoms with Gasteiger partial charge < -0.3 is 5.73 Å². The van der Waals surface area contributed by atoms with Crippen LogP contribution in [-0.2, 0) is 0 Å². The Morgan fingerprint density at radius 3 is 2.54 bits per heavy atom. The van der Waals surface area contributed by atoms with Crippen molar-refractivity contribution in [2.75, 3.05) is 0 Å². The number of allylic oxidation sites excluding steroid dienone is 1. The molecule has 0 amide bonds. The second-order valence-electron chi connectivity index (χ2n) is 2.62. The molecule has 1 atom stereocenters. The summed E-state index contributed by atoms with van der Waals surface area (Å²) in [5.74, 6) is -1.51. The topological polar surface area (TPSA) is 38.4 Å². The number of alkyl halides is 3. The molecule has 0 aromatic rings. The molecule has 0 spiro atoms. The van der Waals surface area contributed by atoms with Crippen LogP contribution in [0.3, 0.4) is 0 Å². The van der Waals surface area contributed by atoms with Gasteiger partial charge in [-0.2, -0.15) is 13.2 Å². The Labute approximate surface area is 78.3 Å². The summed E-state index contributed by atoms with van der Waals surface area (Å²) < 4.78 is 36.3. The molecule has 6 heteroatoms. The Morgan fingerprint density at radius 1 is 1.62 bits per heavy atom. The van der Waals surface area contributed by atoms with Gasteiger partial charge in [-0.25, -0.2) is 0 Å². The molecule has 0 saturated carbocycles. The van der Waals surface area contributed by atoms with Crippen molar-refractivity contribution < 1.29 is 13.2 Å². The molecule has 0 bridgehead atoms. The number of hydrogen-bond donors (Lipinski definition) is 1. The lowest BCUT2D eigenvalue weighted by atomic mass is 10.0. The van der Waals surface area contributed by atoms with Crippen LogP contribution in [0.1, 0.15) is 6.42 Å². The van der Waals surface area contributed by atoms with E-state index >= 15 is 0 Å². The summed E-state index contributed by atoms with van der Waals surface area (Å²) in [5, 5.41) is 0. The van der Waals surface area contributed by atoms with E-state index in [0.29, 0.717) is 0 Å². The molecule has 0 radical (unpaired) electrons. The van der Waals surface area contributed by atoms with Crippen molar-refractivity contribution in [1.82, 2.24) is 0 Å². The molecule has 0 saturated heterocycles. The maximum atomic E-state index is 12.1. The highest BCUT2D eigenvalue weighted by atomic mass is 32.1. The predicted octanol–water partition coefficient (Wildman–Crippen LogP) is 1.81. The zero-order valence-corrected chi connectivity index (χ0v) is 7.32. The molecule has 13 heavy (non-hydrogen) atoms. The number of aliphatic imine (C=N–C) groups is 1.